The highest BCUT2D eigenvalue weighted by Gasteiger charge is 2.18. The summed E-state index contributed by atoms with van der Waals surface area (Å²) in [5.74, 6) is -0.409. The molecule has 0 aromatic heterocycles. The maximum atomic E-state index is 11.6. The number of anilines is 1. The van der Waals surface area contributed by atoms with Crippen LogP contribution in [0.2, 0.25) is 0 Å². The van der Waals surface area contributed by atoms with Gasteiger partial charge in [-0.2, -0.15) is 0 Å². The summed E-state index contributed by atoms with van der Waals surface area (Å²) in [7, 11) is 1.84. The normalized spacial score (nSPS) is 11.9. The quantitative estimate of drug-likeness (QED) is 0.770. The number of nitrogens with one attached hydrogen (secondary N) is 1. The lowest BCUT2D eigenvalue weighted by Gasteiger charge is -2.14. The average molecular weight is 207 g/mol. The van der Waals surface area contributed by atoms with Crippen molar-refractivity contribution in [3.05, 3.63) is 29.8 Å². The highest BCUT2D eigenvalue weighted by atomic mass is 16.5. The molecule has 0 aliphatic heterocycles. The third-order valence-corrected chi connectivity index (χ3v) is 2.34. The van der Waals surface area contributed by atoms with Crippen molar-refractivity contribution in [2.75, 3.05) is 19.0 Å². The van der Waals surface area contributed by atoms with Gasteiger partial charge in [0.1, 0.15) is 0 Å². The minimum absolute atomic E-state index is 0.180. The van der Waals surface area contributed by atoms with E-state index in [2.05, 4.69) is 5.32 Å². The molecule has 3 nitrogen and oxygen atoms in total. The fraction of sp³-hybridized carbons (Fsp3) is 0.417. The average Bonchev–Trinajstić information content (AvgIpc) is 2.28. The van der Waals surface area contributed by atoms with E-state index in [0.29, 0.717) is 6.61 Å². The van der Waals surface area contributed by atoms with Crippen LogP contribution in [0.1, 0.15) is 25.3 Å². The van der Waals surface area contributed by atoms with E-state index < -0.39 is 0 Å². The van der Waals surface area contributed by atoms with Crippen LogP contribution in [0.3, 0.4) is 0 Å². The molecule has 1 N–H and O–H groups in total. The predicted octanol–water partition coefficient (Wildman–Crippen LogP) is 2.39. The van der Waals surface area contributed by atoms with Crippen LogP contribution in [0, 0.1) is 0 Å². The first-order chi connectivity index (χ1) is 7.20. The first-order valence-electron chi connectivity index (χ1n) is 5.14. The minimum atomic E-state index is -0.228. The molecule has 0 saturated heterocycles. The van der Waals surface area contributed by atoms with Crippen LogP contribution in [0.15, 0.2) is 24.3 Å². The fourth-order valence-electron chi connectivity index (χ4n) is 1.50. The van der Waals surface area contributed by atoms with Crippen LogP contribution < -0.4 is 5.32 Å². The molecule has 1 aromatic carbocycles. The topological polar surface area (TPSA) is 38.3 Å². The molecule has 0 heterocycles. The van der Waals surface area contributed by atoms with E-state index in [1.165, 1.54) is 0 Å². The van der Waals surface area contributed by atoms with Gasteiger partial charge < -0.3 is 10.1 Å². The van der Waals surface area contributed by atoms with Gasteiger partial charge in [-0.25, -0.2) is 0 Å². The lowest BCUT2D eigenvalue weighted by Crippen LogP contribution is -2.14. The van der Waals surface area contributed by atoms with E-state index in [9.17, 15) is 4.79 Å². The monoisotopic (exact) mass is 207 g/mol. The number of rotatable bonds is 4. The van der Waals surface area contributed by atoms with E-state index in [-0.39, 0.29) is 11.9 Å². The first kappa shape index (κ1) is 11.6. The van der Waals surface area contributed by atoms with E-state index in [0.717, 1.165) is 11.3 Å². The Balaban J connectivity index is 2.89. The number of carbonyl (C=O) groups excluding carboxylic acids is 1. The molecule has 0 radical (unpaired) electrons. The number of ether oxygens (including phenoxy) is 1. The predicted molar refractivity (Wildman–Crippen MR) is 61.0 cm³/mol. The van der Waals surface area contributed by atoms with Crippen molar-refractivity contribution < 1.29 is 9.53 Å². The summed E-state index contributed by atoms with van der Waals surface area (Å²) < 4.78 is 4.99. The number of para-hydroxylation sites is 1. The Morgan fingerprint density at radius 2 is 2.13 bits per heavy atom. The summed E-state index contributed by atoms with van der Waals surface area (Å²) in [5, 5.41) is 3.07. The zero-order valence-electron chi connectivity index (χ0n) is 9.41. The molecule has 0 aliphatic carbocycles. The number of hydrogen-bond donors (Lipinski definition) is 1. The lowest BCUT2D eigenvalue weighted by molar-refractivity contribution is -0.144. The maximum absolute atomic E-state index is 11.6. The molecule has 1 atom stereocenters. The number of benzene rings is 1. The number of esters is 1. The van der Waals surface area contributed by atoms with Gasteiger partial charge in [-0.05, 0) is 25.5 Å². The molecule has 15 heavy (non-hydrogen) atoms. The van der Waals surface area contributed by atoms with E-state index in [1.807, 2.05) is 45.2 Å². The Bertz CT molecular complexity index is 336. The van der Waals surface area contributed by atoms with Gasteiger partial charge >= 0.3 is 5.97 Å². The van der Waals surface area contributed by atoms with Crippen LogP contribution in [-0.4, -0.2) is 19.6 Å². The van der Waals surface area contributed by atoms with Crippen molar-refractivity contribution in [3.63, 3.8) is 0 Å². The van der Waals surface area contributed by atoms with Crippen molar-refractivity contribution in [1.29, 1.82) is 0 Å². The third kappa shape index (κ3) is 2.72. The van der Waals surface area contributed by atoms with Crippen molar-refractivity contribution in [2.45, 2.75) is 19.8 Å². The van der Waals surface area contributed by atoms with Crippen LogP contribution in [0.4, 0.5) is 5.69 Å². The van der Waals surface area contributed by atoms with Crippen LogP contribution in [-0.2, 0) is 9.53 Å². The van der Waals surface area contributed by atoms with Gasteiger partial charge in [-0.3, -0.25) is 4.79 Å². The first-order valence-corrected chi connectivity index (χ1v) is 5.14. The van der Waals surface area contributed by atoms with Crippen LogP contribution in [0.25, 0.3) is 0 Å². The van der Waals surface area contributed by atoms with Gasteiger partial charge in [0, 0.05) is 12.7 Å². The molecule has 0 spiro atoms. The smallest absolute Gasteiger partial charge is 0.313 e. The fourth-order valence-corrected chi connectivity index (χ4v) is 1.50. The molecular formula is C12H17NO2. The standard InChI is InChI=1S/C12H17NO2/c1-4-15-12(14)9(2)10-7-5-6-8-11(10)13-3/h5-9,13H,4H2,1-3H3. The van der Waals surface area contributed by atoms with Gasteiger partial charge in [-0.1, -0.05) is 18.2 Å². The van der Waals surface area contributed by atoms with Crippen molar-refractivity contribution >= 4 is 11.7 Å². The van der Waals surface area contributed by atoms with Gasteiger partial charge in [0.15, 0.2) is 0 Å². The number of hydrogen-bond acceptors (Lipinski definition) is 3. The molecule has 82 valence electrons. The minimum Gasteiger partial charge on any atom is -0.466 e. The summed E-state index contributed by atoms with van der Waals surface area (Å²) in [6.07, 6.45) is 0. The zero-order valence-corrected chi connectivity index (χ0v) is 9.41. The second-order valence-corrected chi connectivity index (χ2v) is 3.31. The molecule has 1 rings (SSSR count). The van der Waals surface area contributed by atoms with Gasteiger partial charge in [0.2, 0.25) is 0 Å². The molecule has 3 heteroatoms. The largest absolute Gasteiger partial charge is 0.466 e. The molecule has 0 saturated carbocycles. The summed E-state index contributed by atoms with van der Waals surface area (Å²) in [5.41, 5.74) is 1.94. The Morgan fingerprint density at radius 1 is 1.47 bits per heavy atom. The molecule has 0 bridgehead atoms. The van der Waals surface area contributed by atoms with Gasteiger partial charge in [0.25, 0.3) is 0 Å². The maximum Gasteiger partial charge on any atom is 0.313 e. The number of carbonyl (C=O) groups is 1. The SMILES string of the molecule is CCOC(=O)C(C)c1ccccc1NC. The molecule has 1 unspecified atom stereocenters. The van der Waals surface area contributed by atoms with E-state index >= 15 is 0 Å². The molecule has 1 aromatic rings. The Labute approximate surface area is 90.4 Å². The Morgan fingerprint density at radius 3 is 2.73 bits per heavy atom. The zero-order chi connectivity index (χ0) is 11.3. The second kappa shape index (κ2) is 5.39. The Kier molecular flexibility index (Phi) is 4.16. The summed E-state index contributed by atoms with van der Waals surface area (Å²) in [4.78, 5) is 11.6. The molecule has 0 amide bonds. The van der Waals surface area contributed by atoms with Crippen LogP contribution in [0.5, 0.6) is 0 Å². The third-order valence-electron chi connectivity index (χ3n) is 2.34. The van der Waals surface area contributed by atoms with E-state index in [4.69, 9.17) is 4.74 Å². The molecule has 0 aliphatic rings. The van der Waals surface area contributed by atoms with Gasteiger partial charge in [-0.15, -0.1) is 0 Å². The Hall–Kier alpha value is -1.51. The summed E-state index contributed by atoms with van der Waals surface area (Å²) >= 11 is 0. The summed E-state index contributed by atoms with van der Waals surface area (Å²) in [6, 6.07) is 7.75. The molecule has 0 fully saturated rings. The highest BCUT2D eigenvalue weighted by Crippen LogP contribution is 2.24. The van der Waals surface area contributed by atoms with Crippen molar-refractivity contribution in [2.24, 2.45) is 0 Å². The van der Waals surface area contributed by atoms with Crippen molar-refractivity contribution in [1.82, 2.24) is 0 Å². The lowest BCUT2D eigenvalue weighted by atomic mass is 9.99. The second-order valence-electron chi connectivity index (χ2n) is 3.31. The summed E-state index contributed by atoms with van der Waals surface area (Å²) in [6.45, 7) is 4.09. The van der Waals surface area contributed by atoms with E-state index in [1.54, 1.807) is 0 Å². The van der Waals surface area contributed by atoms with Gasteiger partial charge in [0.05, 0.1) is 12.5 Å². The molecular weight excluding hydrogens is 190 g/mol. The van der Waals surface area contributed by atoms with Crippen LogP contribution >= 0.6 is 0 Å². The highest BCUT2D eigenvalue weighted by molar-refractivity contribution is 5.80. The van der Waals surface area contributed by atoms with Crippen molar-refractivity contribution in [3.8, 4) is 0 Å².